The number of carbonyl (C=O) groups is 1. The summed E-state index contributed by atoms with van der Waals surface area (Å²) >= 11 is 11.3. The molecule has 0 aromatic carbocycles. The van der Waals surface area contributed by atoms with Gasteiger partial charge in [-0.1, -0.05) is 42.8 Å². The van der Waals surface area contributed by atoms with Gasteiger partial charge in [0.2, 0.25) is 0 Å². The average Bonchev–Trinajstić information content (AvgIpc) is 3.18. The highest BCUT2D eigenvalue weighted by atomic mass is 35.5. The quantitative estimate of drug-likeness (QED) is 0.646. The standard InChI is InChI=1S/C9H7Cl2NO2.C5H11N/c1-5(9(13)14)4-6-2-3-7(10)12-8(6)11;1-2-6-5-3-4-5/h2-3H,1,4H2,(H,13,14);5-6H,2-4H2,1H3. The number of hydrogen-bond donors (Lipinski definition) is 2. The Morgan fingerprint density at radius 2 is 2.15 bits per heavy atom. The van der Waals surface area contributed by atoms with Gasteiger partial charge in [0.25, 0.3) is 0 Å². The van der Waals surface area contributed by atoms with Crippen molar-refractivity contribution in [1.29, 1.82) is 0 Å². The summed E-state index contributed by atoms with van der Waals surface area (Å²) in [6.45, 7) is 6.69. The van der Waals surface area contributed by atoms with E-state index in [1.807, 2.05) is 0 Å². The van der Waals surface area contributed by atoms with Gasteiger partial charge in [-0.2, -0.15) is 0 Å². The zero-order valence-electron chi connectivity index (χ0n) is 11.3. The van der Waals surface area contributed by atoms with Gasteiger partial charge in [-0.05, 0) is 31.0 Å². The van der Waals surface area contributed by atoms with Crippen LogP contribution in [-0.2, 0) is 11.2 Å². The molecule has 0 spiro atoms. The van der Waals surface area contributed by atoms with Crippen molar-refractivity contribution in [2.24, 2.45) is 0 Å². The fraction of sp³-hybridized carbons (Fsp3) is 0.429. The van der Waals surface area contributed by atoms with E-state index in [4.69, 9.17) is 28.3 Å². The predicted octanol–water partition coefficient (Wildman–Crippen LogP) is 3.33. The first-order valence-corrected chi connectivity index (χ1v) is 7.15. The Morgan fingerprint density at radius 3 is 2.55 bits per heavy atom. The number of carboxylic acids is 1. The molecule has 0 atom stereocenters. The molecule has 1 aromatic rings. The molecule has 0 saturated heterocycles. The van der Waals surface area contributed by atoms with Crippen molar-refractivity contribution in [2.45, 2.75) is 32.2 Å². The number of halogens is 2. The molecule has 1 aliphatic rings. The molecule has 1 fully saturated rings. The van der Waals surface area contributed by atoms with Crippen LogP contribution in [0.3, 0.4) is 0 Å². The molecule has 1 aliphatic carbocycles. The molecule has 1 heterocycles. The number of nitrogens with zero attached hydrogens (tertiary/aromatic N) is 1. The van der Waals surface area contributed by atoms with Crippen LogP contribution in [0.15, 0.2) is 24.3 Å². The van der Waals surface area contributed by atoms with E-state index in [-0.39, 0.29) is 22.3 Å². The van der Waals surface area contributed by atoms with Crippen LogP contribution < -0.4 is 5.32 Å². The van der Waals surface area contributed by atoms with Crippen molar-refractivity contribution in [2.75, 3.05) is 6.54 Å². The summed E-state index contributed by atoms with van der Waals surface area (Å²) in [7, 11) is 0. The Balaban J connectivity index is 0.000000276. The van der Waals surface area contributed by atoms with E-state index in [1.165, 1.54) is 12.8 Å². The topological polar surface area (TPSA) is 62.2 Å². The van der Waals surface area contributed by atoms with Crippen molar-refractivity contribution in [1.82, 2.24) is 10.3 Å². The third-order valence-electron chi connectivity index (χ3n) is 2.67. The SMILES string of the molecule is C=C(Cc1ccc(Cl)nc1Cl)C(=O)O.CCNC1CC1. The van der Waals surface area contributed by atoms with Crippen molar-refractivity contribution in [3.8, 4) is 0 Å². The number of pyridine rings is 1. The molecule has 0 unspecified atom stereocenters. The van der Waals surface area contributed by atoms with Crippen LogP contribution in [0.2, 0.25) is 10.3 Å². The Morgan fingerprint density at radius 1 is 1.50 bits per heavy atom. The number of aromatic nitrogens is 1. The van der Waals surface area contributed by atoms with E-state index < -0.39 is 5.97 Å². The molecule has 0 aliphatic heterocycles. The maximum absolute atomic E-state index is 10.5. The first-order chi connectivity index (χ1) is 9.43. The van der Waals surface area contributed by atoms with Gasteiger partial charge in [0, 0.05) is 18.0 Å². The van der Waals surface area contributed by atoms with E-state index in [2.05, 4.69) is 23.8 Å². The van der Waals surface area contributed by atoms with Gasteiger partial charge in [-0.25, -0.2) is 9.78 Å². The second kappa shape index (κ2) is 8.25. The highest BCUT2D eigenvalue weighted by molar-refractivity contribution is 6.32. The van der Waals surface area contributed by atoms with Crippen LogP contribution >= 0.6 is 23.2 Å². The summed E-state index contributed by atoms with van der Waals surface area (Å²) < 4.78 is 0. The van der Waals surface area contributed by atoms with Crippen molar-refractivity contribution in [3.63, 3.8) is 0 Å². The molecule has 0 amide bonds. The smallest absolute Gasteiger partial charge is 0.331 e. The van der Waals surface area contributed by atoms with Crippen LogP contribution in [0.5, 0.6) is 0 Å². The lowest BCUT2D eigenvalue weighted by Crippen LogP contribution is -2.14. The van der Waals surface area contributed by atoms with Gasteiger partial charge in [0.1, 0.15) is 10.3 Å². The average molecular weight is 317 g/mol. The lowest BCUT2D eigenvalue weighted by molar-refractivity contribution is -0.132. The van der Waals surface area contributed by atoms with E-state index >= 15 is 0 Å². The first kappa shape index (κ1) is 17.0. The van der Waals surface area contributed by atoms with Crippen LogP contribution in [0.1, 0.15) is 25.3 Å². The molecule has 0 bridgehead atoms. The number of rotatable bonds is 5. The summed E-state index contributed by atoms with van der Waals surface area (Å²) in [6, 6.07) is 4.08. The Hall–Kier alpha value is -1.10. The zero-order valence-corrected chi connectivity index (χ0v) is 12.8. The summed E-state index contributed by atoms with van der Waals surface area (Å²) in [5.74, 6) is -1.05. The maximum Gasteiger partial charge on any atom is 0.331 e. The maximum atomic E-state index is 10.5. The minimum atomic E-state index is -1.05. The minimum Gasteiger partial charge on any atom is -0.478 e. The monoisotopic (exact) mass is 316 g/mol. The molecule has 2 rings (SSSR count). The summed E-state index contributed by atoms with van der Waals surface area (Å²) in [5, 5.41) is 12.4. The van der Waals surface area contributed by atoms with Gasteiger partial charge in [0.15, 0.2) is 0 Å². The van der Waals surface area contributed by atoms with Crippen molar-refractivity contribution in [3.05, 3.63) is 40.2 Å². The molecular formula is C14H18Cl2N2O2. The van der Waals surface area contributed by atoms with Crippen molar-refractivity contribution >= 4 is 29.2 Å². The second-order valence-corrected chi connectivity index (χ2v) is 5.25. The zero-order chi connectivity index (χ0) is 15.1. The van der Waals surface area contributed by atoms with Gasteiger partial charge in [0.05, 0.1) is 0 Å². The normalized spacial score (nSPS) is 13.3. The summed E-state index contributed by atoms with van der Waals surface area (Å²) in [5.41, 5.74) is 0.666. The van der Waals surface area contributed by atoms with Gasteiger partial charge < -0.3 is 10.4 Å². The number of carboxylic acid groups (broad SMARTS) is 1. The molecule has 4 nitrogen and oxygen atoms in total. The molecule has 110 valence electrons. The summed E-state index contributed by atoms with van der Waals surface area (Å²) in [4.78, 5) is 14.3. The third-order valence-corrected chi connectivity index (χ3v) is 3.21. The molecule has 1 aromatic heterocycles. The highest BCUT2D eigenvalue weighted by Gasteiger charge is 2.18. The van der Waals surface area contributed by atoms with Gasteiger partial charge >= 0.3 is 5.97 Å². The third kappa shape index (κ3) is 6.37. The van der Waals surface area contributed by atoms with Crippen LogP contribution in [0, 0.1) is 0 Å². The van der Waals surface area contributed by atoms with Gasteiger partial charge in [-0.3, -0.25) is 0 Å². The van der Waals surface area contributed by atoms with Crippen LogP contribution in [-0.4, -0.2) is 28.6 Å². The van der Waals surface area contributed by atoms with Crippen LogP contribution in [0.4, 0.5) is 0 Å². The van der Waals surface area contributed by atoms with Crippen LogP contribution in [0.25, 0.3) is 0 Å². The van der Waals surface area contributed by atoms with E-state index in [0.717, 1.165) is 12.6 Å². The number of hydrogen-bond acceptors (Lipinski definition) is 3. The number of aliphatic carboxylic acids is 1. The Bertz CT molecular complexity index is 488. The van der Waals surface area contributed by atoms with Gasteiger partial charge in [-0.15, -0.1) is 0 Å². The van der Waals surface area contributed by atoms with E-state index in [0.29, 0.717) is 5.56 Å². The molecule has 0 radical (unpaired) electrons. The fourth-order valence-electron chi connectivity index (χ4n) is 1.45. The minimum absolute atomic E-state index is 0.0658. The molecule has 6 heteroatoms. The summed E-state index contributed by atoms with van der Waals surface area (Å²) in [6.07, 6.45) is 2.99. The predicted molar refractivity (Wildman–Crippen MR) is 81.4 cm³/mol. The van der Waals surface area contributed by atoms with Crippen molar-refractivity contribution < 1.29 is 9.90 Å². The molecule has 1 saturated carbocycles. The molecular weight excluding hydrogens is 299 g/mol. The first-order valence-electron chi connectivity index (χ1n) is 6.39. The fourth-order valence-corrected chi connectivity index (χ4v) is 1.87. The van der Waals surface area contributed by atoms with E-state index in [9.17, 15) is 4.79 Å². The lowest BCUT2D eigenvalue weighted by atomic mass is 10.1. The Kier molecular flexibility index (Phi) is 6.99. The molecule has 20 heavy (non-hydrogen) atoms. The number of nitrogens with one attached hydrogen (secondary N) is 1. The Labute approximate surface area is 128 Å². The molecule has 2 N–H and O–H groups in total. The lowest BCUT2D eigenvalue weighted by Gasteiger charge is -2.03. The second-order valence-electron chi connectivity index (χ2n) is 4.50. The highest BCUT2D eigenvalue weighted by Crippen LogP contribution is 2.19. The largest absolute Gasteiger partial charge is 0.478 e. The van der Waals surface area contributed by atoms with E-state index in [1.54, 1.807) is 12.1 Å².